The molecule has 1 rings (SSSR count). The molecule has 0 unspecified atom stereocenters. The van der Waals surface area contributed by atoms with Crippen molar-refractivity contribution < 1.29 is 13.2 Å². The number of nitrogens with zero attached hydrogens (tertiary/aromatic N) is 3. The molecule has 0 fully saturated rings. The van der Waals surface area contributed by atoms with Gasteiger partial charge in [-0.2, -0.15) is 15.0 Å². The van der Waals surface area contributed by atoms with Crippen LogP contribution in [0.2, 0.25) is 0 Å². The van der Waals surface area contributed by atoms with E-state index < -0.39 is 9.84 Å². The Kier molecular flexibility index (Phi) is 5.93. The summed E-state index contributed by atoms with van der Waals surface area (Å²) >= 11 is 0. The molecule has 0 bridgehead atoms. The average Bonchev–Trinajstić information content (AvgIpc) is 2.32. The van der Waals surface area contributed by atoms with E-state index in [4.69, 9.17) is 4.74 Å². The summed E-state index contributed by atoms with van der Waals surface area (Å²) in [5.74, 6) is 0.869. The van der Waals surface area contributed by atoms with Crippen LogP contribution in [0.3, 0.4) is 0 Å². The fourth-order valence-electron chi connectivity index (χ4n) is 1.35. The molecule has 0 aliphatic heterocycles. The van der Waals surface area contributed by atoms with Crippen molar-refractivity contribution >= 4 is 21.7 Å². The van der Waals surface area contributed by atoms with Crippen LogP contribution in [0.1, 0.15) is 20.3 Å². The first-order valence-corrected chi connectivity index (χ1v) is 8.38. The Morgan fingerprint density at radius 1 is 1.20 bits per heavy atom. The first-order chi connectivity index (χ1) is 9.30. The molecular formula is C11H21N5O3S. The van der Waals surface area contributed by atoms with E-state index in [1.165, 1.54) is 6.26 Å². The van der Waals surface area contributed by atoms with E-state index >= 15 is 0 Å². The molecule has 0 saturated heterocycles. The van der Waals surface area contributed by atoms with Crippen LogP contribution in [-0.4, -0.2) is 55.1 Å². The SMILES string of the molecule is CNc1nc(NCCCS(C)(=O)=O)nc(OC(C)C)n1. The zero-order chi connectivity index (χ0) is 15.2. The minimum absolute atomic E-state index is 0.0415. The van der Waals surface area contributed by atoms with Crippen molar-refractivity contribution in [3.8, 4) is 6.01 Å². The lowest BCUT2D eigenvalue weighted by molar-refractivity contribution is 0.222. The first kappa shape index (κ1) is 16.4. The highest BCUT2D eigenvalue weighted by molar-refractivity contribution is 7.90. The molecule has 114 valence electrons. The van der Waals surface area contributed by atoms with Crippen LogP contribution in [0.5, 0.6) is 6.01 Å². The van der Waals surface area contributed by atoms with E-state index in [-0.39, 0.29) is 17.9 Å². The Morgan fingerprint density at radius 3 is 2.40 bits per heavy atom. The average molecular weight is 303 g/mol. The van der Waals surface area contributed by atoms with E-state index in [2.05, 4.69) is 25.6 Å². The minimum Gasteiger partial charge on any atom is -0.461 e. The summed E-state index contributed by atoms with van der Waals surface area (Å²) in [6, 6.07) is 0.227. The van der Waals surface area contributed by atoms with Gasteiger partial charge in [-0.3, -0.25) is 0 Å². The Bertz CT molecular complexity index is 533. The van der Waals surface area contributed by atoms with Crippen LogP contribution >= 0.6 is 0 Å². The van der Waals surface area contributed by atoms with Crippen LogP contribution in [0.15, 0.2) is 0 Å². The molecule has 0 amide bonds. The van der Waals surface area contributed by atoms with Crippen LogP contribution < -0.4 is 15.4 Å². The zero-order valence-electron chi connectivity index (χ0n) is 12.2. The van der Waals surface area contributed by atoms with Crippen molar-refractivity contribution in [1.29, 1.82) is 0 Å². The van der Waals surface area contributed by atoms with Crippen LogP contribution in [0.25, 0.3) is 0 Å². The monoisotopic (exact) mass is 303 g/mol. The Hall–Kier alpha value is -1.64. The standard InChI is InChI=1S/C11H21N5O3S/c1-8(2)19-11-15-9(12-3)14-10(16-11)13-6-5-7-20(4,17)18/h8H,5-7H2,1-4H3,(H2,12,13,14,15,16). The van der Waals surface area contributed by atoms with E-state index in [0.717, 1.165) is 0 Å². The summed E-state index contributed by atoms with van der Waals surface area (Å²) < 4.78 is 27.5. The van der Waals surface area contributed by atoms with E-state index in [1.54, 1.807) is 7.05 Å². The maximum atomic E-state index is 11.0. The largest absolute Gasteiger partial charge is 0.461 e. The predicted octanol–water partition coefficient (Wildman–Crippen LogP) is 0.547. The minimum atomic E-state index is -2.95. The molecule has 1 aromatic rings. The number of rotatable bonds is 8. The molecule has 0 aromatic carbocycles. The van der Waals surface area contributed by atoms with Crippen LogP contribution in [0, 0.1) is 0 Å². The number of aromatic nitrogens is 3. The van der Waals surface area contributed by atoms with Gasteiger partial charge in [-0.1, -0.05) is 0 Å². The Morgan fingerprint density at radius 2 is 1.85 bits per heavy atom. The highest BCUT2D eigenvalue weighted by atomic mass is 32.2. The normalized spacial score (nSPS) is 11.4. The van der Waals surface area contributed by atoms with Crippen molar-refractivity contribution in [2.75, 3.05) is 36.2 Å². The molecule has 9 heteroatoms. The predicted molar refractivity (Wildman–Crippen MR) is 78.0 cm³/mol. The second kappa shape index (κ2) is 7.22. The zero-order valence-corrected chi connectivity index (χ0v) is 13.0. The van der Waals surface area contributed by atoms with Crippen molar-refractivity contribution in [3.05, 3.63) is 0 Å². The summed E-state index contributed by atoms with van der Waals surface area (Å²) in [6.07, 6.45) is 1.66. The third-order valence-corrected chi connectivity index (χ3v) is 3.18. The second-order valence-electron chi connectivity index (χ2n) is 4.59. The van der Waals surface area contributed by atoms with Crippen molar-refractivity contribution in [3.63, 3.8) is 0 Å². The smallest absolute Gasteiger partial charge is 0.323 e. The molecule has 0 saturated carbocycles. The highest BCUT2D eigenvalue weighted by Crippen LogP contribution is 2.12. The number of anilines is 2. The van der Waals surface area contributed by atoms with Crippen LogP contribution in [-0.2, 0) is 9.84 Å². The fraction of sp³-hybridized carbons (Fsp3) is 0.727. The molecule has 0 aliphatic carbocycles. The van der Waals surface area contributed by atoms with E-state index in [1.807, 2.05) is 13.8 Å². The lowest BCUT2D eigenvalue weighted by atomic mass is 10.5. The molecular weight excluding hydrogens is 282 g/mol. The third-order valence-electron chi connectivity index (χ3n) is 2.15. The molecule has 1 heterocycles. The van der Waals surface area contributed by atoms with E-state index in [0.29, 0.717) is 24.9 Å². The Labute approximate surface area is 119 Å². The molecule has 1 aromatic heterocycles. The van der Waals surface area contributed by atoms with Gasteiger partial charge in [0.15, 0.2) is 0 Å². The number of hydrogen-bond donors (Lipinski definition) is 2. The molecule has 0 aliphatic rings. The van der Waals surface area contributed by atoms with Gasteiger partial charge in [0, 0.05) is 19.8 Å². The maximum absolute atomic E-state index is 11.0. The number of ether oxygens (including phenoxy) is 1. The summed E-state index contributed by atoms with van der Waals surface area (Å²) in [5.41, 5.74) is 0. The van der Waals surface area contributed by atoms with Crippen molar-refractivity contribution in [2.45, 2.75) is 26.4 Å². The number of sulfone groups is 1. The molecule has 0 radical (unpaired) electrons. The van der Waals surface area contributed by atoms with Gasteiger partial charge in [0.05, 0.1) is 11.9 Å². The molecule has 0 spiro atoms. The lowest BCUT2D eigenvalue weighted by Crippen LogP contribution is -2.15. The fourth-order valence-corrected chi connectivity index (χ4v) is 2.01. The summed E-state index contributed by atoms with van der Waals surface area (Å²) in [4.78, 5) is 12.3. The first-order valence-electron chi connectivity index (χ1n) is 6.32. The quantitative estimate of drug-likeness (QED) is 0.671. The van der Waals surface area contributed by atoms with Crippen molar-refractivity contribution in [1.82, 2.24) is 15.0 Å². The Balaban J connectivity index is 2.64. The van der Waals surface area contributed by atoms with Gasteiger partial charge < -0.3 is 15.4 Å². The van der Waals surface area contributed by atoms with Gasteiger partial charge in [-0.05, 0) is 20.3 Å². The number of hydrogen-bond acceptors (Lipinski definition) is 8. The molecule has 2 N–H and O–H groups in total. The lowest BCUT2D eigenvalue weighted by Gasteiger charge is -2.11. The summed E-state index contributed by atoms with van der Waals surface area (Å²) in [5, 5.41) is 5.78. The van der Waals surface area contributed by atoms with Gasteiger partial charge in [0.25, 0.3) is 0 Å². The molecule has 0 atom stereocenters. The van der Waals surface area contributed by atoms with Gasteiger partial charge >= 0.3 is 6.01 Å². The molecule has 8 nitrogen and oxygen atoms in total. The highest BCUT2D eigenvalue weighted by Gasteiger charge is 2.08. The number of nitrogens with one attached hydrogen (secondary N) is 2. The van der Waals surface area contributed by atoms with Crippen molar-refractivity contribution in [2.24, 2.45) is 0 Å². The summed E-state index contributed by atoms with van der Waals surface area (Å²) in [6.45, 7) is 4.21. The summed E-state index contributed by atoms with van der Waals surface area (Å²) in [7, 11) is -1.25. The van der Waals surface area contributed by atoms with Gasteiger partial charge in [0.2, 0.25) is 11.9 Å². The van der Waals surface area contributed by atoms with Crippen LogP contribution in [0.4, 0.5) is 11.9 Å². The van der Waals surface area contributed by atoms with Gasteiger partial charge in [-0.25, -0.2) is 8.42 Å². The topological polar surface area (TPSA) is 106 Å². The maximum Gasteiger partial charge on any atom is 0.323 e. The van der Waals surface area contributed by atoms with Gasteiger partial charge in [-0.15, -0.1) is 0 Å². The second-order valence-corrected chi connectivity index (χ2v) is 6.85. The van der Waals surface area contributed by atoms with Gasteiger partial charge in [0.1, 0.15) is 9.84 Å². The van der Waals surface area contributed by atoms with E-state index in [9.17, 15) is 8.42 Å². The third kappa shape index (κ3) is 6.50. The molecule has 20 heavy (non-hydrogen) atoms.